The number of hydrogen-bond donors (Lipinski definition) is 0. The second-order valence-corrected chi connectivity index (χ2v) is 10.0. The standard InChI is InChI=1S/C17H28.C14H22N2O9/c1-3-10-16(11-4-2)12-6-5-7-13-17-14-8-9-15-17;1-2-3-4-5-7-13(17)22-10-12(11-24-16(20)21)25-14(18)8-6-9-23-15-19/h3-4,10-11,17H,1,5-9,12-15H2,2H3;2-3,12H,4-11H2,1H3/b11-4-,16-10+;3-2-. The summed E-state index contributed by atoms with van der Waals surface area (Å²) in [5.41, 5.74) is 1.42. The SMILES string of the molecule is C/C=C\CCCC(=O)OCC(CO[N+](=O)[O-])OC(=O)CCCON=O.C=C/C=C(\C=C/C)CCCCCC1CCCC1. The van der Waals surface area contributed by atoms with Crippen LogP contribution < -0.4 is 0 Å². The van der Waals surface area contributed by atoms with Gasteiger partial charge >= 0.3 is 11.9 Å². The molecule has 0 aromatic heterocycles. The lowest BCUT2D eigenvalue weighted by Crippen LogP contribution is -2.30. The van der Waals surface area contributed by atoms with E-state index in [2.05, 4.69) is 46.7 Å². The van der Waals surface area contributed by atoms with Gasteiger partial charge in [-0.15, -0.1) is 15.0 Å². The molecule has 11 heteroatoms. The number of carbonyl (C=O) groups excluding carboxylic acids is 2. The number of ether oxygens (including phenoxy) is 2. The van der Waals surface area contributed by atoms with Crippen molar-refractivity contribution in [2.24, 2.45) is 11.3 Å². The Balaban J connectivity index is 0.000000858. The van der Waals surface area contributed by atoms with Crippen molar-refractivity contribution in [1.82, 2.24) is 0 Å². The molecular formula is C31H50N2O9. The number of rotatable bonds is 23. The van der Waals surface area contributed by atoms with Crippen LogP contribution in [0.4, 0.5) is 0 Å². The fraction of sp³-hybridized carbons (Fsp3) is 0.677. The van der Waals surface area contributed by atoms with Gasteiger partial charge in [-0.3, -0.25) is 9.59 Å². The highest BCUT2D eigenvalue weighted by Crippen LogP contribution is 2.29. The summed E-state index contributed by atoms with van der Waals surface area (Å²) in [6.45, 7) is 6.75. The van der Waals surface area contributed by atoms with Gasteiger partial charge in [0, 0.05) is 12.8 Å². The summed E-state index contributed by atoms with van der Waals surface area (Å²) in [6, 6.07) is 0. The lowest BCUT2D eigenvalue weighted by atomic mass is 9.98. The monoisotopic (exact) mass is 594 g/mol. The number of nitrogens with zero attached hydrogens (tertiary/aromatic N) is 2. The topological polar surface area (TPSA) is 144 Å². The van der Waals surface area contributed by atoms with E-state index in [-0.39, 0.29) is 32.5 Å². The molecule has 0 heterocycles. The van der Waals surface area contributed by atoms with Gasteiger partial charge in [0.25, 0.3) is 5.09 Å². The van der Waals surface area contributed by atoms with Gasteiger partial charge in [-0.05, 0) is 57.4 Å². The first-order valence-electron chi connectivity index (χ1n) is 15.0. The first kappa shape index (κ1) is 38.5. The minimum atomic E-state index is -1.11. The first-order chi connectivity index (χ1) is 20.4. The maximum Gasteiger partial charge on any atom is 0.306 e. The highest BCUT2D eigenvalue weighted by molar-refractivity contribution is 5.70. The molecule has 1 rings (SSSR count). The summed E-state index contributed by atoms with van der Waals surface area (Å²) < 4.78 is 9.89. The maximum atomic E-state index is 11.6. The predicted molar refractivity (Wildman–Crippen MR) is 162 cm³/mol. The number of hydrogen-bond acceptors (Lipinski definition) is 10. The van der Waals surface area contributed by atoms with Gasteiger partial charge in [0.05, 0.1) is 0 Å². The second-order valence-electron chi connectivity index (χ2n) is 10.0. The predicted octanol–water partition coefficient (Wildman–Crippen LogP) is 7.69. The van der Waals surface area contributed by atoms with E-state index in [1.54, 1.807) is 0 Å². The van der Waals surface area contributed by atoms with Crippen LogP contribution in [0.25, 0.3) is 0 Å². The summed E-state index contributed by atoms with van der Waals surface area (Å²) in [6.07, 6.45) is 25.4. The molecule has 1 atom stereocenters. The van der Waals surface area contributed by atoms with E-state index >= 15 is 0 Å². The third kappa shape index (κ3) is 24.3. The molecular weight excluding hydrogens is 544 g/mol. The van der Waals surface area contributed by atoms with Crippen molar-refractivity contribution in [3.8, 4) is 0 Å². The van der Waals surface area contributed by atoms with Gasteiger partial charge in [0.15, 0.2) is 11.4 Å². The third-order valence-electron chi connectivity index (χ3n) is 6.52. The lowest BCUT2D eigenvalue weighted by Gasteiger charge is -2.17. The largest absolute Gasteiger partial charge is 0.462 e. The minimum absolute atomic E-state index is 0.0597. The van der Waals surface area contributed by atoms with Crippen molar-refractivity contribution in [3.63, 3.8) is 0 Å². The fourth-order valence-corrected chi connectivity index (χ4v) is 4.44. The molecule has 0 radical (unpaired) electrons. The van der Waals surface area contributed by atoms with Crippen LogP contribution in [0.15, 0.2) is 53.9 Å². The zero-order valence-electron chi connectivity index (χ0n) is 25.4. The molecule has 0 saturated heterocycles. The van der Waals surface area contributed by atoms with Gasteiger partial charge in [0.1, 0.15) is 19.8 Å². The third-order valence-corrected chi connectivity index (χ3v) is 6.52. The highest BCUT2D eigenvalue weighted by atomic mass is 17.0. The Bertz CT molecular complexity index is 849. The van der Waals surface area contributed by atoms with Crippen LogP contribution in [0, 0.1) is 20.9 Å². The van der Waals surface area contributed by atoms with E-state index < -0.39 is 29.7 Å². The number of allylic oxidation sites excluding steroid dienone is 7. The molecule has 0 bridgehead atoms. The molecule has 0 aliphatic heterocycles. The Labute approximate surface area is 250 Å². The van der Waals surface area contributed by atoms with Crippen LogP contribution in [0.5, 0.6) is 0 Å². The average Bonchev–Trinajstić information content (AvgIpc) is 3.49. The van der Waals surface area contributed by atoms with Crippen LogP contribution in [-0.2, 0) is 28.7 Å². The van der Waals surface area contributed by atoms with Crippen LogP contribution in [-0.4, -0.2) is 42.9 Å². The van der Waals surface area contributed by atoms with Crippen LogP contribution >= 0.6 is 0 Å². The van der Waals surface area contributed by atoms with Gasteiger partial charge < -0.3 is 19.1 Å². The Morgan fingerprint density at radius 2 is 1.74 bits per heavy atom. The Hall–Kier alpha value is -3.50. The van der Waals surface area contributed by atoms with Gasteiger partial charge in [-0.25, -0.2) is 0 Å². The quantitative estimate of drug-likeness (QED) is 0.0221. The Kier molecular flexibility index (Phi) is 25.4. The van der Waals surface area contributed by atoms with Crippen molar-refractivity contribution < 1.29 is 33.8 Å². The van der Waals surface area contributed by atoms with E-state index in [1.807, 2.05) is 25.2 Å². The molecule has 1 aliphatic carbocycles. The number of esters is 2. The maximum absolute atomic E-state index is 11.6. The summed E-state index contributed by atoms with van der Waals surface area (Å²) in [7, 11) is 0. The average molecular weight is 595 g/mol. The lowest BCUT2D eigenvalue weighted by molar-refractivity contribution is -0.759. The molecule has 0 N–H and O–H groups in total. The van der Waals surface area contributed by atoms with Gasteiger partial charge in [0.2, 0.25) is 0 Å². The van der Waals surface area contributed by atoms with Crippen molar-refractivity contribution in [2.45, 2.75) is 110 Å². The van der Waals surface area contributed by atoms with Crippen molar-refractivity contribution in [3.05, 3.63) is 63.6 Å². The molecule has 11 nitrogen and oxygen atoms in total. The zero-order valence-corrected chi connectivity index (χ0v) is 25.4. The molecule has 1 saturated carbocycles. The van der Waals surface area contributed by atoms with Crippen molar-refractivity contribution in [1.29, 1.82) is 0 Å². The second kappa shape index (κ2) is 27.7. The molecule has 1 unspecified atom stereocenters. The van der Waals surface area contributed by atoms with Gasteiger partial charge in [-0.2, -0.15) is 0 Å². The number of carbonyl (C=O) groups is 2. The smallest absolute Gasteiger partial charge is 0.306 e. The Morgan fingerprint density at radius 1 is 1.00 bits per heavy atom. The molecule has 238 valence electrons. The fourth-order valence-electron chi connectivity index (χ4n) is 4.44. The molecule has 0 spiro atoms. The summed E-state index contributed by atoms with van der Waals surface area (Å²) >= 11 is 0. The van der Waals surface area contributed by atoms with Crippen molar-refractivity contribution in [2.75, 3.05) is 19.8 Å². The van der Waals surface area contributed by atoms with E-state index in [1.165, 1.54) is 63.4 Å². The molecule has 0 amide bonds. The highest BCUT2D eigenvalue weighted by Gasteiger charge is 2.19. The van der Waals surface area contributed by atoms with Gasteiger partial charge in [-0.1, -0.05) is 88.0 Å². The number of unbranched alkanes of at least 4 members (excludes halogenated alkanes) is 3. The molecule has 1 fully saturated rings. The molecule has 0 aromatic rings. The minimum Gasteiger partial charge on any atom is -0.462 e. The molecule has 42 heavy (non-hydrogen) atoms. The molecule has 0 aromatic carbocycles. The van der Waals surface area contributed by atoms with E-state index in [4.69, 9.17) is 9.47 Å². The molecule has 1 aliphatic rings. The van der Waals surface area contributed by atoms with E-state index in [9.17, 15) is 24.6 Å². The van der Waals surface area contributed by atoms with Crippen LogP contribution in [0.3, 0.4) is 0 Å². The first-order valence-corrected chi connectivity index (χ1v) is 15.0. The van der Waals surface area contributed by atoms with E-state index in [0.29, 0.717) is 6.42 Å². The zero-order chi connectivity index (χ0) is 31.3. The normalized spacial score (nSPS) is 14.2. The summed E-state index contributed by atoms with van der Waals surface area (Å²) in [5, 5.41) is 11.4. The summed E-state index contributed by atoms with van der Waals surface area (Å²) in [4.78, 5) is 51.4. The Morgan fingerprint density at radius 3 is 2.38 bits per heavy atom. The summed E-state index contributed by atoms with van der Waals surface area (Å²) in [5.74, 6) is -0.138. The van der Waals surface area contributed by atoms with Crippen molar-refractivity contribution >= 4 is 11.9 Å². The van der Waals surface area contributed by atoms with E-state index in [0.717, 1.165) is 12.3 Å². The van der Waals surface area contributed by atoms with Crippen LogP contribution in [0.1, 0.15) is 104 Å². The van der Waals surface area contributed by atoms with Crippen LogP contribution in [0.2, 0.25) is 0 Å².